The first kappa shape index (κ1) is 21.8. The molecule has 6 nitrogen and oxygen atoms in total. The summed E-state index contributed by atoms with van der Waals surface area (Å²) in [5, 5.41) is 0. The molecule has 4 rings (SSSR count). The first-order valence-corrected chi connectivity index (χ1v) is 10.8. The van der Waals surface area contributed by atoms with Crippen molar-refractivity contribution < 1.29 is 18.7 Å². The van der Waals surface area contributed by atoms with Gasteiger partial charge in [-0.05, 0) is 55.3 Å². The molecule has 1 saturated heterocycles. The highest BCUT2D eigenvalue weighted by Gasteiger charge is 2.32. The summed E-state index contributed by atoms with van der Waals surface area (Å²) in [4.78, 5) is 29.2. The van der Waals surface area contributed by atoms with E-state index >= 15 is 0 Å². The second kappa shape index (κ2) is 9.40. The fraction of sp³-hybridized carbons (Fsp3) is 0.308. The Morgan fingerprint density at radius 1 is 0.969 bits per heavy atom. The second-order valence-electron chi connectivity index (χ2n) is 8.36. The lowest BCUT2D eigenvalue weighted by molar-refractivity contribution is 0.0270. The van der Waals surface area contributed by atoms with Crippen molar-refractivity contribution in [2.24, 2.45) is 0 Å². The van der Waals surface area contributed by atoms with Gasteiger partial charge in [-0.25, -0.2) is 4.79 Å². The SMILES string of the molecule is COC(=O)c1ccc(CN2[C@H](C)CN(C(=O)c3cccc(-c4ccoc4)c3)C[C@@H]2C)cc1. The van der Waals surface area contributed by atoms with E-state index in [1.54, 1.807) is 24.7 Å². The third-order valence-corrected chi connectivity index (χ3v) is 6.09. The zero-order valence-electron chi connectivity index (χ0n) is 18.7. The molecular weight excluding hydrogens is 404 g/mol. The van der Waals surface area contributed by atoms with Crippen molar-refractivity contribution in [3.8, 4) is 11.1 Å². The highest BCUT2D eigenvalue weighted by Crippen LogP contribution is 2.24. The van der Waals surface area contributed by atoms with E-state index in [1.807, 2.05) is 47.4 Å². The molecule has 0 aliphatic carbocycles. The van der Waals surface area contributed by atoms with Crippen LogP contribution in [0, 0.1) is 0 Å². The number of methoxy groups -OCH3 is 1. The van der Waals surface area contributed by atoms with Crippen LogP contribution in [0.5, 0.6) is 0 Å². The summed E-state index contributed by atoms with van der Waals surface area (Å²) in [6, 6.07) is 17.5. The highest BCUT2D eigenvalue weighted by atomic mass is 16.5. The Hall–Kier alpha value is -3.38. The van der Waals surface area contributed by atoms with Crippen LogP contribution in [0.3, 0.4) is 0 Å². The molecule has 1 aliphatic rings. The number of ether oxygens (including phenoxy) is 1. The molecule has 2 atom stereocenters. The molecule has 0 N–H and O–H groups in total. The molecule has 0 bridgehead atoms. The molecule has 2 heterocycles. The van der Waals surface area contributed by atoms with E-state index in [4.69, 9.17) is 9.15 Å². The van der Waals surface area contributed by atoms with Gasteiger partial charge in [-0.2, -0.15) is 0 Å². The van der Waals surface area contributed by atoms with Gasteiger partial charge in [0.1, 0.15) is 0 Å². The number of hydrogen-bond acceptors (Lipinski definition) is 5. The Morgan fingerprint density at radius 3 is 2.31 bits per heavy atom. The number of benzene rings is 2. The molecule has 1 amide bonds. The zero-order chi connectivity index (χ0) is 22.7. The van der Waals surface area contributed by atoms with Crippen LogP contribution in [0.15, 0.2) is 71.5 Å². The second-order valence-corrected chi connectivity index (χ2v) is 8.36. The third-order valence-electron chi connectivity index (χ3n) is 6.09. The summed E-state index contributed by atoms with van der Waals surface area (Å²) in [5.41, 5.74) is 4.30. The normalized spacial score (nSPS) is 19.0. The van der Waals surface area contributed by atoms with E-state index in [9.17, 15) is 9.59 Å². The smallest absolute Gasteiger partial charge is 0.337 e. The van der Waals surface area contributed by atoms with Gasteiger partial charge in [-0.3, -0.25) is 9.69 Å². The van der Waals surface area contributed by atoms with E-state index in [2.05, 4.69) is 18.7 Å². The van der Waals surface area contributed by atoms with E-state index in [0.717, 1.165) is 23.2 Å². The molecular formula is C26H28N2O4. The fourth-order valence-corrected chi connectivity index (χ4v) is 4.35. The van der Waals surface area contributed by atoms with Crippen molar-refractivity contribution in [2.45, 2.75) is 32.5 Å². The molecule has 0 unspecified atom stereocenters. The van der Waals surface area contributed by atoms with Gasteiger partial charge >= 0.3 is 5.97 Å². The van der Waals surface area contributed by atoms with Crippen molar-refractivity contribution in [2.75, 3.05) is 20.2 Å². The van der Waals surface area contributed by atoms with Gasteiger partial charge in [0.15, 0.2) is 0 Å². The van der Waals surface area contributed by atoms with Crippen molar-refractivity contribution >= 4 is 11.9 Å². The molecule has 0 spiro atoms. The lowest BCUT2D eigenvalue weighted by Gasteiger charge is -2.44. The quantitative estimate of drug-likeness (QED) is 0.557. The van der Waals surface area contributed by atoms with Gasteiger partial charge in [-0.15, -0.1) is 0 Å². The van der Waals surface area contributed by atoms with Gasteiger partial charge in [0.25, 0.3) is 5.91 Å². The maximum atomic E-state index is 13.2. The predicted molar refractivity (Wildman–Crippen MR) is 122 cm³/mol. The number of esters is 1. The van der Waals surface area contributed by atoms with Crippen LogP contribution in [0.1, 0.15) is 40.1 Å². The Bertz CT molecular complexity index is 1060. The molecule has 1 aromatic heterocycles. The summed E-state index contributed by atoms with van der Waals surface area (Å²) in [6.07, 6.45) is 3.32. The number of rotatable bonds is 5. The summed E-state index contributed by atoms with van der Waals surface area (Å²) in [6.45, 7) is 6.40. The number of piperazine rings is 1. The van der Waals surface area contributed by atoms with E-state index in [-0.39, 0.29) is 24.0 Å². The molecule has 1 fully saturated rings. The maximum absolute atomic E-state index is 13.2. The molecule has 6 heteroatoms. The molecule has 166 valence electrons. The van der Waals surface area contributed by atoms with Crippen LogP contribution in [0.25, 0.3) is 11.1 Å². The van der Waals surface area contributed by atoms with E-state index < -0.39 is 0 Å². The first-order chi connectivity index (χ1) is 15.5. The van der Waals surface area contributed by atoms with Gasteiger partial charge < -0.3 is 14.1 Å². The molecule has 0 saturated carbocycles. The summed E-state index contributed by atoms with van der Waals surface area (Å²) >= 11 is 0. The fourth-order valence-electron chi connectivity index (χ4n) is 4.35. The number of carbonyl (C=O) groups is 2. The Kier molecular flexibility index (Phi) is 6.42. The third kappa shape index (κ3) is 4.60. The number of hydrogen-bond donors (Lipinski definition) is 0. The molecule has 0 radical (unpaired) electrons. The average Bonchev–Trinajstić information content (AvgIpc) is 3.36. The van der Waals surface area contributed by atoms with Crippen molar-refractivity contribution in [1.82, 2.24) is 9.80 Å². The molecule has 32 heavy (non-hydrogen) atoms. The summed E-state index contributed by atoms with van der Waals surface area (Å²) < 4.78 is 9.94. The van der Waals surface area contributed by atoms with Gasteiger partial charge in [0.05, 0.1) is 25.2 Å². The highest BCUT2D eigenvalue weighted by molar-refractivity contribution is 5.95. The first-order valence-electron chi connectivity index (χ1n) is 10.8. The standard InChI is InChI=1S/C26H28N2O4/c1-18-14-27(25(29)23-6-4-5-22(13-23)24-11-12-32-17-24)15-19(2)28(18)16-20-7-9-21(10-8-20)26(30)31-3/h4-13,17-19H,14-16H2,1-3H3/t18-,19+. The van der Waals surface area contributed by atoms with Crippen LogP contribution in [0.4, 0.5) is 0 Å². The Morgan fingerprint density at radius 2 is 1.69 bits per heavy atom. The van der Waals surface area contributed by atoms with E-state index in [1.165, 1.54) is 7.11 Å². The summed E-state index contributed by atoms with van der Waals surface area (Å²) in [5.74, 6) is -0.279. The lowest BCUT2D eigenvalue weighted by Crippen LogP contribution is -2.57. The Balaban J connectivity index is 1.43. The molecule has 2 aromatic carbocycles. The van der Waals surface area contributed by atoms with Gasteiger partial charge in [0.2, 0.25) is 0 Å². The summed E-state index contributed by atoms with van der Waals surface area (Å²) in [7, 11) is 1.38. The predicted octanol–water partition coefficient (Wildman–Crippen LogP) is 4.47. The lowest BCUT2D eigenvalue weighted by atomic mass is 10.0. The number of nitrogens with zero attached hydrogens (tertiary/aromatic N) is 2. The maximum Gasteiger partial charge on any atom is 0.337 e. The van der Waals surface area contributed by atoms with Crippen molar-refractivity contribution in [3.05, 3.63) is 83.8 Å². The number of carbonyl (C=O) groups excluding carboxylic acids is 2. The monoisotopic (exact) mass is 432 g/mol. The molecule has 1 aliphatic heterocycles. The van der Waals surface area contributed by atoms with Crippen molar-refractivity contribution in [3.63, 3.8) is 0 Å². The minimum absolute atomic E-state index is 0.0520. The topological polar surface area (TPSA) is 63.0 Å². The van der Waals surface area contributed by atoms with Crippen LogP contribution in [-0.4, -0.2) is 54.0 Å². The number of furan rings is 1. The zero-order valence-corrected chi connectivity index (χ0v) is 18.7. The van der Waals surface area contributed by atoms with Crippen LogP contribution in [-0.2, 0) is 11.3 Å². The van der Waals surface area contributed by atoms with Crippen LogP contribution < -0.4 is 0 Å². The van der Waals surface area contributed by atoms with E-state index in [0.29, 0.717) is 24.2 Å². The minimum atomic E-state index is -0.331. The Labute approximate surface area is 188 Å². The van der Waals surface area contributed by atoms with Gasteiger partial charge in [0, 0.05) is 42.8 Å². The largest absolute Gasteiger partial charge is 0.472 e. The van der Waals surface area contributed by atoms with Gasteiger partial charge in [-0.1, -0.05) is 24.3 Å². The average molecular weight is 433 g/mol. The minimum Gasteiger partial charge on any atom is -0.472 e. The van der Waals surface area contributed by atoms with Crippen molar-refractivity contribution in [1.29, 1.82) is 0 Å². The van der Waals surface area contributed by atoms with Crippen LogP contribution in [0.2, 0.25) is 0 Å². The van der Waals surface area contributed by atoms with Crippen LogP contribution >= 0.6 is 0 Å². The number of amides is 1. The molecule has 3 aromatic rings.